The van der Waals surface area contributed by atoms with E-state index < -0.39 is 0 Å². The van der Waals surface area contributed by atoms with Crippen molar-refractivity contribution in [3.8, 4) is 0 Å². The minimum absolute atomic E-state index is 0.206. The summed E-state index contributed by atoms with van der Waals surface area (Å²) in [7, 11) is 0. The fraction of sp³-hybridized carbons (Fsp3) is 0.200. The molecule has 3 nitrogen and oxygen atoms in total. The van der Waals surface area contributed by atoms with E-state index in [9.17, 15) is 0 Å². The first kappa shape index (κ1) is 9.27. The Balaban J connectivity index is 2.07. The van der Waals surface area contributed by atoms with Crippen LogP contribution in [0.2, 0.25) is 0 Å². The summed E-state index contributed by atoms with van der Waals surface area (Å²) in [5, 5.41) is 6.36. The highest BCUT2D eigenvalue weighted by Crippen LogP contribution is 2.22. The first-order valence-electron chi connectivity index (χ1n) is 4.43. The van der Waals surface area contributed by atoms with E-state index >= 15 is 0 Å². The molecule has 4 heteroatoms. The lowest BCUT2D eigenvalue weighted by Crippen LogP contribution is -2.35. The standard InChI is InChI=1S/C10H11N3S/c11-9-8(14-10(12)13-9)6-7-4-2-1-3-5-7/h1-5,8H,6H2,(H3,11,12,13)/p+1/t8-/m0/s1. The van der Waals surface area contributed by atoms with Crippen LogP contribution >= 0.6 is 11.8 Å². The first-order chi connectivity index (χ1) is 6.75. The van der Waals surface area contributed by atoms with E-state index in [1.54, 1.807) is 0 Å². The van der Waals surface area contributed by atoms with E-state index in [4.69, 9.17) is 11.1 Å². The van der Waals surface area contributed by atoms with Crippen molar-refractivity contribution in [1.82, 2.24) is 0 Å². The van der Waals surface area contributed by atoms with Gasteiger partial charge in [0.1, 0.15) is 5.25 Å². The molecule has 2 rings (SSSR count). The van der Waals surface area contributed by atoms with Gasteiger partial charge in [-0.15, -0.1) is 0 Å². The fourth-order valence-electron chi connectivity index (χ4n) is 1.41. The zero-order chi connectivity index (χ0) is 9.97. The molecule has 0 bridgehead atoms. The maximum atomic E-state index is 5.75. The molecule has 0 spiro atoms. The molecular formula is C10H12N3S+. The van der Waals surface area contributed by atoms with Crippen molar-refractivity contribution in [2.24, 2.45) is 10.7 Å². The molecule has 1 aromatic carbocycles. The average Bonchev–Trinajstić information content (AvgIpc) is 2.47. The molecule has 1 aliphatic rings. The largest absolute Gasteiger partial charge is 0.365 e. The van der Waals surface area contributed by atoms with Crippen molar-refractivity contribution in [2.75, 3.05) is 0 Å². The van der Waals surface area contributed by atoms with E-state index in [1.165, 1.54) is 17.3 Å². The van der Waals surface area contributed by atoms with Gasteiger partial charge in [-0.1, -0.05) is 30.3 Å². The van der Waals surface area contributed by atoms with E-state index in [2.05, 4.69) is 17.1 Å². The molecule has 0 radical (unpaired) electrons. The van der Waals surface area contributed by atoms with Crippen molar-refractivity contribution in [3.05, 3.63) is 35.9 Å². The summed E-state index contributed by atoms with van der Waals surface area (Å²) < 4.78 is 0. The van der Waals surface area contributed by atoms with Crippen LogP contribution in [-0.4, -0.2) is 16.3 Å². The zero-order valence-electron chi connectivity index (χ0n) is 7.68. The van der Waals surface area contributed by atoms with Gasteiger partial charge in [0.2, 0.25) is 5.84 Å². The number of aliphatic imine (C=N–C) groups is 1. The van der Waals surface area contributed by atoms with Crippen LogP contribution in [0.5, 0.6) is 0 Å². The number of amidine groups is 2. The number of nitrogens with zero attached hydrogens (tertiary/aromatic N) is 1. The van der Waals surface area contributed by atoms with Crippen molar-refractivity contribution < 1.29 is 5.41 Å². The summed E-state index contributed by atoms with van der Waals surface area (Å²) in [6, 6.07) is 10.2. The zero-order valence-corrected chi connectivity index (χ0v) is 8.50. The highest BCUT2D eigenvalue weighted by molar-refractivity contribution is 8.15. The summed E-state index contributed by atoms with van der Waals surface area (Å²) in [4.78, 5) is 4.02. The molecule has 1 heterocycles. The van der Waals surface area contributed by atoms with Crippen LogP contribution in [0, 0.1) is 0 Å². The normalized spacial score (nSPS) is 21.0. The summed E-state index contributed by atoms with van der Waals surface area (Å²) in [5.74, 6) is 0.636. The van der Waals surface area contributed by atoms with Crippen molar-refractivity contribution in [2.45, 2.75) is 11.7 Å². The number of thioether (sulfide) groups is 1. The maximum absolute atomic E-state index is 5.75. The van der Waals surface area contributed by atoms with Crippen molar-refractivity contribution in [3.63, 3.8) is 0 Å². The van der Waals surface area contributed by atoms with Gasteiger partial charge in [-0.05, 0) is 28.7 Å². The molecule has 0 aromatic heterocycles. The van der Waals surface area contributed by atoms with Crippen LogP contribution in [0.4, 0.5) is 0 Å². The van der Waals surface area contributed by atoms with Crippen LogP contribution in [0.3, 0.4) is 0 Å². The van der Waals surface area contributed by atoms with Gasteiger partial charge >= 0.3 is 5.17 Å². The molecular weight excluding hydrogens is 194 g/mol. The van der Waals surface area contributed by atoms with E-state index in [1.807, 2.05) is 18.2 Å². The Morgan fingerprint density at radius 3 is 2.64 bits per heavy atom. The van der Waals surface area contributed by atoms with Gasteiger partial charge in [-0.2, -0.15) is 0 Å². The Bertz CT molecular complexity index is 372. The lowest BCUT2D eigenvalue weighted by molar-refractivity contribution is -0.109. The Kier molecular flexibility index (Phi) is 2.54. The number of benzene rings is 1. The summed E-state index contributed by atoms with van der Waals surface area (Å²) in [6.07, 6.45) is 0.890. The van der Waals surface area contributed by atoms with Crippen molar-refractivity contribution in [1.29, 1.82) is 0 Å². The van der Waals surface area contributed by atoms with Gasteiger partial charge in [-0.3, -0.25) is 5.41 Å². The average molecular weight is 206 g/mol. The molecule has 14 heavy (non-hydrogen) atoms. The summed E-state index contributed by atoms with van der Waals surface area (Å²) >= 11 is 1.53. The molecule has 1 aromatic rings. The molecule has 0 fully saturated rings. The highest BCUT2D eigenvalue weighted by Gasteiger charge is 2.30. The van der Waals surface area contributed by atoms with Crippen LogP contribution in [0.25, 0.3) is 0 Å². The fourth-order valence-corrected chi connectivity index (χ4v) is 2.30. The number of hydrogen-bond donors (Lipinski definition) is 2. The van der Waals surface area contributed by atoms with Gasteiger partial charge < -0.3 is 5.73 Å². The smallest absolute Gasteiger partial charge is 0.353 e. The van der Waals surface area contributed by atoms with Gasteiger partial charge in [0, 0.05) is 0 Å². The topological polar surface area (TPSA) is 64.0 Å². The predicted octanol–water partition coefficient (Wildman–Crippen LogP) is -0.183. The van der Waals surface area contributed by atoms with E-state index in [-0.39, 0.29) is 5.25 Å². The molecule has 0 saturated carbocycles. The monoisotopic (exact) mass is 206 g/mol. The Hall–Kier alpha value is -1.29. The van der Waals surface area contributed by atoms with Gasteiger partial charge in [0.15, 0.2) is 0 Å². The van der Waals surface area contributed by atoms with Gasteiger partial charge in [-0.25, -0.2) is 0 Å². The van der Waals surface area contributed by atoms with Gasteiger partial charge in [0.25, 0.3) is 0 Å². The van der Waals surface area contributed by atoms with Crippen LogP contribution < -0.4 is 11.1 Å². The van der Waals surface area contributed by atoms with Crippen molar-refractivity contribution >= 4 is 22.8 Å². The maximum Gasteiger partial charge on any atom is 0.353 e. The Morgan fingerprint density at radius 1 is 1.36 bits per heavy atom. The van der Waals surface area contributed by atoms with E-state index in [0.717, 1.165) is 6.42 Å². The molecule has 72 valence electrons. The van der Waals surface area contributed by atoms with E-state index in [0.29, 0.717) is 11.0 Å². The minimum Gasteiger partial charge on any atom is -0.365 e. The highest BCUT2D eigenvalue weighted by atomic mass is 32.2. The molecule has 0 unspecified atom stereocenters. The second-order valence-electron chi connectivity index (χ2n) is 3.17. The van der Waals surface area contributed by atoms with Crippen LogP contribution in [-0.2, 0) is 6.42 Å². The third-order valence-corrected chi connectivity index (χ3v) is 3.12. The molecule has 1 atom stereocenters. The number of rotatable bonds is 2. The molecule has 1 aliphatic heterocycles. The summed E-state index contributed by atoms with van der Waals surface area (Å²) in [5.41, 5.74) is 7.01. The number of nitrogens with two attached hydrogens (primary N) is 2. The predicted molar refractivity (Wildman–Crippen MR) is 60.1 cm³/mol. The number of hydrogen-bond acceptors (Lipinski definition) is 2. The third kappa shape index (κ3) is 1.96. The summed E-state index contributed by atoms with van der Waals surface area (Å²) in [6.45, 7) is 0. The molecule has 0 amide bonds. The van der Waals surface area contributed by atoms with Gasteiger partial charge in [0.05, 0.1) is 0 Å². The first-order valence-corrected chi connectivity index (χ1v) is 5.31. The lowest BCUT2D eigenvalue weighted by atomic mass is 10.1. The Morgan fingerprint density at radius 2 is 2.07 bits per heavy atom. The second kappa shape index (κ2) is 3.84. The molecule has 0 saturated heterocycles. The quantitative estimate of drug-likeness (QED) is 0.705. The van der Waals surface area contributed by atoms with Crippen LogP contribution in [0.15, 0.2) is 35.3 Å². The van der Waals surface area contributed by atoms with Crippen LogP contribution in [0.1, 0.15) is 5.56 Å². The molecule has 4 N–H and O–H groups in total. The second-order valence-corrected chi connectivity index (χ2v) is 4.39. The third-order valence-electron chi connectivity index (χ3n) is 2.10. The molecule has 0 aliphatic carbocycles. The Labute approximate surface area is 86.9 Å². The lowest BCUT2D eigenvalue weighted by Gasteiger charge is -2.04. The minimum atomic E-state index is 0.206. The SMILES string of the molecule is NC1=NC(=[NH2+])S[C@H]1Cc1ccccc1.